The Balaban J connectivity index is 1.91. The Bertz CT molecular complexity index is 498. The van der Waals surface area contributed by atoms with Gasteiger partial charge in [-0.2, -0.15) is 0 Å². The van der Waals surface area contributed by atoms with Crippen LogP contribution in [0.1, 0.15) is 51.7 Å². The van der Waals surface area contributed by atoms with Gasteiger partial charge in [-0.1, -0.05) is 32.0 Å². The number of ether oxygens (including phenoxy) is 1. The summed E-state index contributed by atoms with van der Waals surface area (Å²) in [6.07, 6.45) is 4.68. The van der Waals surface area contributed by atoms with Gasteiger partial charge in [0, 0.05) is 12.0 Å². The summed E-state index contributed by atoms with van der Waals surface area (Å²) in [7, 11) is 0. The molecule has 1 saturated heterocycles. The fourth-order valence-electron chi connectivity index (χ4n) is 3.84. The Kier molecular flexibility index (Phi) is 3.32. The fourth-order valence-corrected chi connectivity index (χ4v) is 3.84. The highest BCUT2D eigenvalue weighted by Gasteiger charge is 2.39. The van der Waals surface area contributed by atoms with Crippen LogP contribution in [0.3, 0.4) is 0 Å². The fraction of sp³-hybridized carbons (Fsp3) is 0.667. The van der Waals surface area contributed by atoms with Crippen LogP contribution in [0.5, 0.6) is 5.75 Å². The van der Waals surface area contributed by atoms with Crippen molar-refractivity contribution in [3.8, 4) is 5.75 Å². The van der Waals surface area contributed by atoms with E-state index in [9.17, 15) is 0 Å². The Hall–Kier alpha value is -1.02. The molecule has 1 aromatic rings. The number of para-hydroxylation sites is 1. The predicted octanol–water partition coefficient (Wildman–Crippen LogP) is 3.72. The molecule has 2 heteroatoms. The topological polar surface area (TPSA) is 21.3 Å². The van der Waals surface area contributed by atoms with E-state index < -0.39 is 0 Å². The molecule has 1 aromatic carbocycles. The molecular weight excluding hydrogens is 246 g/mol. The van der Waals surface area contributed by atoms with Gasteiger partial charge in [-0.25, -0.2) is 0 Å². The van der Waals surface area contributed by atoms with Crippen LogP contribution in [0.25, 0.3) is 0 Å². The van der Waals surface area contributed by atoms with E-state index >= 15 is 0 Å². The van der Waals surface area contributed by atoms with Crippen molar-refractivity contribution in [3.63, 3.8) is 0 Å². The molecule has 1 atom stereocenters. The van der Waals surface area contributed by atoms with Gasteiger partial charge in [-0.05, 0) is 56.7 Å². The lowest BCUT2D eigenvalue weighted by Crippen LogP contribution is -2.46. The standard InChI is InChI=1S/C18H27NO/c1-13(2)18(9-6-10-19-18)12-15-8-5-7-14-11-17(3,4)20-16(14)15/h5,7-8,13,19H,6,9-12H2,1-4H3. The summed E-state index contributed by atoms with van der Waals surface area (Å²) < 4.78 is 6.23. The molecule has 1 unspecified atom stereocenters. The van der Waals surface area contributed by atoms with Crippen LogP contribution >= 0.6 is 0 Å². The molecule has 0 aromatic heterocycles. The maximum Gasteiger partial charge on any atom is 0.126 e. The zero-order chi connectivity index (χ0) is 14.4. The number of fused-ring (bicyclic) bond motifs is 1. The minimum Gasteiger partial charge on any atom is -0.487 e. The first kappa shape index (κ1) is 13.9. The second-order valence-electron chi connectivity index (χ2n) is 7.46. The highest BCUT2D eigenvalue weighted by molar-refractivity contribution is 5.46. The summed E-state index contributed by atoms with van der Waals surface area (Å²) >= 11 is 0. The smallest absolute Gasteiger partial charge is 0.126 e. The monoisotopic (exact) mass is 273 g/mol. The summed E-state index contributed by atoms with van der Waals surface area (Å²) in [4.78, 5) is 0. The van der Waals surface area contributed by atoms with E-state index in [2.05, 4.69) is 51.2 Å². The minimum absolute atomic E-state index is 0.0491. The van der Waals surface area contributed by atoms with Crippen molar-refractivity contribution in [3.05, 3.63) is 29.3 Å². The van der Waals surface area contributed by atoms with Crippen molar-refractivity contribution in [1.82, 2.24) is 5.32 Å². The van der Waals surface area contributed by atoms with E-state index in [0.29, 0.717) is 5.92 Å². The van der Waals surface area contributed by atoms with Crippen LogP contribution in [-0.2, 0) is 12.8 Å². The van der Waals surface area contributed by atoms with Gasteiger partial charge < -0.3 is 10.1 Å². The number of nitrogens with one attached hydrogen (secondary N) is 1. The van der Waals surface area contributed by atoms with Crippen LogP contribution in [-0.4, -0.2) is 17.7 Å². The summed E-state index contributed by atoms with van der Waals surface area (Å²) in [5, 5.41) is 3.77. The third-order valence-electron chi connectivity index (χ3n) is 5.06. The normalized spacial score (nSPS) is 27.6. The Morgan fingerprint density at radius 1 is 1.30 bits per heavy atom. The molecule has 0 amide bonds. The molecule has 2 nitrogen and oxygen atoms in total. The van der Waals surface area contributed by atoms with E-state index in [4.69, 9.17) is 4.74 Å². The van der Waals surface area contributed by atoms with Gasteiger partial charge in [0.1, 0.15) is 11.4 Å². The van der Waals surface area contributed by atoms with Gasteiger partial charge in [-0.3, -0.25) is 0 Å². The maximum atomic E-state index is 6.23. The lowest BCUT2D eigenvalue weighted by molar-refractivity contribution is 0.136. The van der Waals surface area contributed by atoms with Gasteiger partial charge in [-0.15, -0.1) is 0 Å². The second-order valence-corrected chi connectivity index (χ2v) is 7.46. The zero-order valence-electron chi connectivity index (χ0n) is 13.3. The average Bonchev–Trinajstić information content (AvgIpc) is 2.93. The molecule has 110 valence electrons. The molecule has 2 aliphatic rings. The van der Waals surface area contributed by atoms with Crippen LogP contribution in [0.2, 0.25) is 0 Å². The number of hydrogen-bond acceptors (Lipinski definition) is 2. The van der Waals surface area contributed by atoms with E-state index in [0.717, 1.165) is 25.1 Å². The number of hydrogen-bond donors (Lipinski definition) is 1. The third kappa shape index (κ3) is 2.35. The van der Waals surface area contributed by atoms with Gasteiger partial charge in [0.15, 0.2) is 0 Å². The Morgan fingerprint density at radius 3 is 2.75 bits per heavy atom. The molecule has 2 aliphatic heterocycles. The SMILES string of the molecule is CC(C)C1(Cc2cccc3c2OC(C)(C)C3)CCCN1. The quantitative estimate of drug-likeness (QED) is 0.906. The second kappa shape index (κ2) is 4.77. The largest absolute Gasteiger partial charge is 0.487 e. The van der Waals surface area contributed by atoms with Gasteiger partial charge in [0.2, 0.25) is 0 Å². The molecule has 0 spiro atoms. The molecule has 0 bridgehead atoms. The highest BCUT2D eigenvalue weighted by Crippen LogP contribution is 2.41. The van der Waals surface area contributed by atoms with Crippen LogP contribution in [0.15, 0.2) is 18.2 Å². The van der Waals surface area contributed by atoms with E-state index in [-0.39, 0.29) is 11.1 Å². The maximum absolute atomic E-state index is 6.23. The summed E-state index contributed by atoms with van der Waals surface area (Å²) in [5.74, 6) is 1.81. The van der Waals surface area contributed by atoms with E-state index in [1.807, 2.05) is 0 Å². The first-order valence-corrected chi connectivity index (χ1v) is 7.97. The van der Waals surface area contributed by atoms with Crippen molar-refractivity contribution in [1.29, 1.82) is 0 Å². The number of rotatable bonds is 3. The van der Waals surface area contributed by atoms with Crippen molar-refractivity contribution < 1.29 is 4.74 Å². The molecule has 3 rings (SSSR count). The summed E-state index contributed by atoms with van der Waals surface area (Å²) in [5.41, 5.74) is 2.97. The van der Waals surface area contributed by atoms with E-state index in [1.165, 1.54) is 24.0 Å². The lowest BCUT2D eigenvalue weighted by Gasteiger charge is -2.34. The van der Waals surface area contributed by atoms with Crippen molar-refractivity contribution in [2.24, 2.45) is 5.92 Å². The summed E-state index contributed by atoms with van der Waals surface area (Å²) in [6, 6.07) is 6.67. The van der Waals surface area contributed by atoms with Crippen LogP contribution < -0.4 is 10.1 Å². The first-order chi connectivity index (χ1) is 9.42. The molecule has 1 N–H and O–H groups in total. The molecule has 0 radical (unpaired) electrons. The third-order valence-corrected chi connectivity index (χ3v) is 5.06. The number of benzene rings is 1. The van der Waals surface area contributed by atoms with Crippen molar-refractivity contribution >= 4 is 0 Å². The first-order valence-electron chi connectivity index (χ1n) is 7.97. The predicted molar refractivity (Wildman–Crippen MR) is 83.4 cm³/mol. The van der Waals surface area contributed by atoms with Gasteiger partial charge >= 0.3 is 0 Å². The average molecular weight is 273 g/mol. The minimum atomic E-state index is -0.0491. The van der Waals surface area contributed by atoms with Crippen LogP contribution in [0.4, 0.5) is 0 Å². The molecule has 0 aliphatic carbocycles. The lowest BCUT2D eigenvalue weighted by atomic mass is 9.79. The van der Waals surface area contributed by atoms with Crippen molar-refractivity contribution in [2.75, 3.05) is 6.54 Å². The molecule has 0 saturated carbocycles. The van der Waals surface area contributed by atoms with E-state index in [1.54, 1.807) is 0 Å². The Labute approximate surface area is 122 Å². The summed E-state index contributed by atoms with van der Waals surface area (Å²) in [6.45, 7) is 10.2. The molecule has 20 heavy (non-hydrogen) atoms. The molecular formula is C18H27NO. The zero-order valence-corrected chi connectivity index (χ0v) is 13.3. The van der Waals surface area contributed by atoms with Gasteiger partial charge in [0.25, 0.3) is 0 Å². The van der Waals surface area contributed by atoms with Crippen molar-refractivity contribution in [2.45, 2.75) is 64.5 Å². The highest BCUT2D eigenvalue weighted by atomic mass is 16.5. The van der Waals surface area contributed by atoms with Crippen LogP contribution in [0, 0.1) is 5.92 Å². The molecule has 1 fully saturated rings. The molecule has 2 heterocycles. The van der Waals surface area contributed by atoms with Gasteiger partial charge in [0.05, 0.1) is 0 Å². The Morgan fingerprint density at radius 2 is 2.10 bits per heavy atom.